The van der Waals surface area contributed by atoms with Crippen molar-refractivity contribution in [3.05, 3.63) is 46.6 Å². The molecule has 1 aliphatic heterocycles. The number of nitrogens with zero attached hydrogens (tertiary/aromatic N) is 2. The van der Waals surface area contributed by atoms with Crippen LogP contribution in [0.3, 0.4) is 0 Å². The van der Waals surface area contributed by atoms with Gasteiger partial charge in [0.05, 0.1) is 0 Å². The third-order valence-corrected chi connectivity index (χ3v) is 6.59. The topological polar surface area (TPSA) is 23.6 Å². The van der Waals surface area contributed by atoms with Crippen molar-refractivity contribution in [2.75, 3.05) is 26.2 Å². The smallest absolute Gasteiger partial charge is 0.222 e. The van der Waals surface area contributed by atoms with Crippen LogP contribution >= 0.6 is 0 Å². The maximum absolute atomic E-state index is 12.5. The fourth-order valence-electron chi connectivity index (χ4n) is 4.21. The zero-order valence-corrected chi connectivity index (χ0v) is 23.1. The minimum Gasteiger partial charge on any atom is -0.340 e. The van der Waals surface area contributed by atoms with Crippen LogP contribution in [-0.2, 0) is 4.79 Å². The number of allylic oxidation sites excluding steroid dienone is 8. The normalized spacial score (nSPS) is 16.8. The van der Waals surface area contributed by atoms with Crippen molar-refractivity contribution >= 4 is 5.91 Å². The highest BCUT2D eigenvalue weighted by Crippen LogP contribution is 2.17. The van der Waals surface area contributed by atoms with Crippen molar-refractivity contribution in [2.24, 2.45) is 0 Å². The second-order valence-electron chi connectivity index (χ2n) is 11.1. The van der Waals surface area contributed by atoms with Gasteiger partial charge in [-0.05, 0) is 100 Å². The minimum absolute atomic E-state index is 0.197. The van der Waals surface area contributed by atoms with E-state index >= 15 is 0 Å². The van der Waals surface area contributed by atoms with Crippen LogP contribution < -0.4 is 0 Å². The van der Waals surface area contributed by atoms with Crippen LogP contribution in [0.5, 0.6) is 0 Å². The molecule has 0 bridgehead atoms. The molecule has 1 heterocycles. The fourth-order valence-corrected chi connectivity index (χ4v) is 4.21. The molecule has 3 nitrogen and oxygen atoms in total. The highest BCUT2D eigenvalue weighted by molar-refractivity contribution is 5.76. The lowest BCUT2D eigenvalue weighted by Gasteiger charge is -2.42. The Morgan fingerprint density at radius 3 is 1.42 bits per heavy atom. The molecule has 1 saturated heterocycles. The Kier molecular flexibility index (Phi) is 13.7. The van der Waals surface area contributed by atoms with Crippen molar-refractivity contribution in [3.63, 3.8) is 0 Å². The predicted molar refractivity (Wildman–Crippen MR) is 146 cm³/mol. The monoisotopic (exact) mass is 456 g/mol. The van der Waals surface area contributed by atoms with Gasteiger partial charge in [-0.15, -0.1) is 0 Å². The summed E-state index contributed by atoms with van der Waals surface area (Å²) in [6, 6.07) is 0. The van der Waals surface area contributed by atoms with Gasteiger partial charge in [0.1, 0.15) is 0 Å². The number of piperazine rings is 1. The van der Waals surface area contributed by atoms with E-state index in [4.69, 9.17) is 0 Å². The Balaban J connectivity index is 2.24. The van der Waals surface area contributed by atoms with Crippen LogP contribution in [-0.4, -0.2) is 47.4 Å². The maximum Gasteiger partial charge on any atom is 0.222 e. The molecular weight excluding hydrogens is 404 g/mol. The molecule has 1 amide bonds. The number of carbonyl (C=O) groups excluding carboxylic acids is 1. The van der Waals surface area contributed by atoms with Gasteiger partial charge in [-0.3, -0.25) is 9.69 Å². The molecule has 0 aliphatic carbocycles. The van der Waals surface area contributed by atoms with Crippen LogP contribution in [0.4, 0.5) is 0 Å². The largest absolute Gasteiger partial charge is 0.340 e. The third-order valence-electron chi connectivity index (χ3n) is 6.59. The number of carbonyl (C=O) groups is 1. The first-order valence-corrected chi connectivity index (χ1v) is 13.1. The van der Waals surface area contributed by atoms with Gasteiger partial charge in [0, 0.05) is 38.1 Å². The van der Waals surface area contributed by atoms with Gasteiger partial charge in [0.25, 0.3) is 0 Å². The minimum atomic E-state index is 0.197. The molecule has 0 unspecified atom stereocenters. The maximum atomic E-state index is 12.5. The van der Waals surface area contributed by atoms with Gasteiger partial charge < -0.3 is 4.90 Å². The van der Waals surface area contributed by atoms with E-state index < -0.39 is 0 Å². The van der Waals surface area contributed by atoms with Gasteiger partial charge in [-0.2, -0.15) is 0 Å². The summed E-state index contributed by atoms with van der Waals surface area (Å²) in [5.41, 5.74) is 6.00. The highest BCUT2D eigenvalue weighted by Gasteiger charge is 2.27. The zero-order valence-electron chi connectivity index (χ0n) is 23.1. The number of amides is 1. The van der Waals surface area contributed by atoms with E-state index in [1.807, 2.05) is 0 Å². The van der Waals surface area contributed by atoms with Crippen LogP contribution in [0.2, 0.25) is 0 Å². The second kappa shape index (κ2) is 15.3. The Labute approximate surface area is 205 Å². The van der Waals surface area contributed by atoms with Crippen molar-refractivity contribution in [2.45, 2.75) is 112 Å². The fraction of sp³-hybridized carbons (Fsp3) is 0.700. The van der Waals surface area contributed by atoms with Crippen molar-refractivity contribution in [1.29, 1.82) is 0 Å². The Morgan fingerprint density at radius 1 is 0.636 bits per heavy atom. The van der Waals surface area contributed by atoms with E-state index in [2.05, 4.69) is 89.5 Å². The average Bonchev–Trinajstić information content (AvgIpc) is 2.73. The summed E-state index contributed by atoms with van der Waals surface area (Å²) in [5.74, 6) is 0.313. The van der Waals surface area contributed by atoms with Crippen LogP contribution in [0.15, 0.2) is 46.6 Å². The summed E-state index contributed by atoms with van der Waals surface area (Å²) in [7, 11) is 0. The molecule has 188 valence electrons. The van der Waals surface area contributed by atoms with Crippen LogP contribution in [0, 0.1) is 0 Å². The van der Waals surface area contributed by atoms with E-state index in [9.17, 15) is 4.79 Å². The molecule has 1 aliphatic rings. The van der Waals surface area contributed by atoms with Crippen molar-refractivity contribution < 1.29 is 4.79 Å². The first-order chi connectivity index (χ1) is 15.5. The molecule has 0 radical (unpaired) electrons. The van der Waals surface area contributed by atoms with E-state index in [1.165, 1.54) is 28.7 Å². The lowest BCUT2D eigenvalue weighted by Crippen LogP contribution is -2.54. The Hall–Kier alpha value is -1.61. The summed E-state index contributed by atoms with van der Waals surface area (Å²) in [6.07, 6.45) is 17.7. The van der Waals surface area contributed by atoms with Crippen LogP contribution in [0.1, 0.15) is 107 Å². The van der Waals surface area contributed by atoms with E-state index in [-0.39, 0.29) is 5.54 Å². The molecule has 0 aromatic heterocycles. The average molecular weight is 457 g/mol. The standard InChI is InChI=1S/C30H52N2O/c1-25(2)13-9-14-26(3)15-10-16-27(4)17-11-18-28(5)19-12-20-29(33)31-21-23-32(24-22-31)30(6,7)8/h13,15,17,19H,9-12,14,16,18,20-24H2,1-8H3/b26-15+,27-17?,28-19+. The highest BCUT2D eigenvalue weighted by atomic mass is 16.2. The van der Waals surface area contributed by atoms with Crippen molar-refractivity contribution in [1.82, 2.24) is 9.80 Å². The molecular formula is C30H52N2O. The quantitative estimate of drug-likeness (QED) is 0.279. The molecule has 33 heavy (non-hydrogen) atoms. The summed E-state index contributed by atoms with van der Waals surface area (Å²) in [4.78, 5) is 17.1. The third kappa shape index (κ3) is 13.6. The van der Waals surface area contributed by atoms with Crippen molar-refractivity contribution in [3.8, 4) is 0 Å². The van der Waals surface area contributed by atoms with Crippen LogP contribution in [0.25, 0.3) is 0 Å². The molecule has 1 rings (SSSR count). The molecule has 0 spiro atoms. The van der Waals surface area contributed by atoms with Gasteiger partial charge >= 0.3 is 0 Å². The Morgan fingerprint density at radius 2 is 1.03 bits per heavy atom. The van der Waals surface area contributed by atoms with E-state index in [1.54, 1.807) is 0 Å². The first kappa shape index (κ1) is 29.4. The first-order valence-electron chi connectivity index (χ1n) is 13.1. The zero-order chi connectivity index (χ0) is 24.9. The summed E-state index contributed by atoms with van der Waals surface area (Å²) >= 11 is 0. The second-order valence-corrected chi connectivity index (χ2v) is 11.1. The summed E-state index contributed by atoms with van der Waals surface area (Å²) in [5, 5.41) is 0. The molecule has 0 N–H and O–H groups in total. The number of hydrogen-bond donors (Lipinski definition) is 0. The van der Waals surface area contributed by atoms with E-state index in [0.29, 0.717) is 12.3 Å². The molecule has 0 aromatic carbocycles. The van der Waals surface area contributed by atoms with Gasteiger partial charge in [-0.1, -0.05) is 46.6 Å². The molecule has 3 heteroatoms. The van der Waals surface area contributed by atoms with Gasteiger partial charge in [0.15, 0.2) is 0 Å². The molecule has 0 saturated carbocycles. The predicted octanol–water partition coefficient (Wildman–Crippen LogP) is 7.86. The molecule has 0 atom stereocenters. The van der Waals surface area contributed by atoms with Gasteiger partial charge in [0.2, 0.25) is 5.91 Å². The number of rotatable bonds is 12. The van der Waals surface area contributed by atoms with E-state index in [0.717, 1.165) is 64.7 Å². The SMILES string of the molecule is CC(C)=CCC/C(C)=C/CCC(C)=CCC/C(C)=C/CCC(=O)N1CCN(C(C)(C)C)CC1. The van der Waals surface area contributed by atoms with Gasteiger partial charge in [-0.25, -0.2) is 0 Å². The Bertz CT molecular complexity index is 706. The lowest BCUT2D eigenvalue weighted by atomic mass is 10.0. The number of hydrogen-bond acceptors (Lipinski definition) is 2. The summed E-state index contributed by atoms with van der Waals surface area (Å²) in [6.45, 7) is 21.5. The molecule has 1 fully saturated rings. The lowest BCUT2D eigenvalue weighted by molar-refractivity contribution is -0.133. The molecule has 0 aromatic rings. The summed E-state index contributed by atoms with van der Waals surface area (Å²) < 4.78 is 0.